The fourth-order valence-electron chi connectivity index (χ4n) is 3.71. The average Bonchev–Trinajstić information content (AvgIpc) is 2.70. The van der Waals surface area contributed by atoms with Crippen molar-refractivity contribution in [1.29, 1.82) is 0 Å². The van der Waals surface area contributed by atoms with Crippen LogP contribution < -0.4 is 3.26 Å². The van der Waals surface area contributed by atoms with Crippen molar-refractivity contribution >= 4 is 37.8 Å². The summed E-state index contributed by atoms with van der Waals surface area (Å²) in [7, 11) is 0. The van der Waals surface area contributed by atoms with E-state index in [2.05, 4.69) is 72.0 Å². The Morgan fingerprint density at radius 1 is 1.23 bits per heavy atom. The molecule has 0 spiro atoms. The number of halogens is 2. The van der Waals surface area contributed by atoms with Gasteiger partial charge in [-0.2, -0.15) is 0 Å². The van der Waals surface area contributed by atoms with E-state index in [4.69, 9.17) is 0 Å². The van der Waals surface area contributed by atoms with Gasteiger partial charge in [0.25, 0.3) is 0 Å². The summed E-state index contributed by atoms with van der Waals surface area (Å²) in [5.41, 5.74) is 2.88. The maximum atomic E-state index is 9.67. The fraction of sp³-hybridized carbons (Fsp3) is 0.500. The van der Waals surface area contributed by atoms with Gasteiger partial charge in [-0.05, 0) is 0 Å². The smallest absolute Gasteiger partial charge is 0.147 e. The molecule has 126 valence electrons. The molecular formula is C16H29Cl2NOSiZr. The van der Waals surface area contributed by atoms with Gasteiger partial charge in [0.2, 0.25) is 0 Å². The number of aliphatic hydroxyl groups excluding tert-OH is 1. The first-order chi connectivity index (χ1) is 9.15. The van der Waals surface area contributed by atoms with Crippen molar-refractivity contribution < 1.29 is 22.8 Å². The summed E-state index contributed by atoms with van der Waals surface area (Å²) in [5, 5.41) is 9.67. The molecule has 0 heterocycles. The second kappa shape index (κ2) is 7.63. The van der Waals surface area contributed by atoms with Crippen LogP contribution in [0.1, 0.15) is 35.5 Å². The van der Waals surface area contributed by atoms with E-state index in [1.807, 2.05) is 0 Å². The first kappa shape index (κ1) is 22.6. The van der Waals surface area contributed by atoms with Crippen LogP contribution in [0.25, 0.3) is 6.08 Å². The Morgan fingerprint density at radius 2 is 1.82 bits per heavy atom. The van der Waals surface area contributed by atoms with Crippen molar-refractivity contribution in [3.05, 3.63) is 41.5 Å². The van der Waals surface area contributed by atoms with Gasteiger partial charge in [-0.15, -0.1) is 24.8 Å². The van der Waals surface area contributed by atoms with E-state index in [0.717, 1.165) is 4.13 Å². The minimum absolute atomic E-state index is 0. The zero-order chi connectivity index (χ0) is 15.0. The Kier molecular flexibility index (Phi) is 7.82. The molecule has 2 nitrogen and oxygen atoms in total. The largest absolute Gasteiger partial charge is 0.147 e. The minimum Gasteiger partial charge on any atom is -0.147 e. The van der Waals surface area contributed by atoms with Crippen molar-refractivity contribution in [3.63, 3.8) is 0 Å². The third-order valence-corrected chi connectivity index (χ3v) is 23.3. The van der Waals surface area contributed by atoms with Gasteiger partial charge in [0.1, 0.15) is 0 Å². The molecule has 0 aromatic heterocycles. The standard InChI is InChI=1S/C9H7.C4H10N.C2H5O.CH3.2ClH.H2Si.Zr/c1-2-5-9-7-3-6-8(9)4-1;1-4(2,3)5;1-2-3;;;;;/h1-7H;5H,1-3H3;3H,1-2H2;1H3;2*1H;1H2;/q;-1;;;;;;+1. The molecule has 6 heteroatoms. The van der Waals surface area contributed by atoms with E-state index in [9.17, 15) is 5.11 Å². The Hall–Kier alpha value is 0.560. The number of aliphatic hydroxyl groups is 1. The van der Waals surface area contributed by atoms with Gasteiger partial charge in [-0.3, -0.25) is 0 Å². The predicted octanol–water partition coefficient (Wildman–Crippen LogP) is 3.60. The van der Waals surface area contributed by atoms with Crippen molar-refractivity contribution in [2.45, 2.75) is 38.7 Å². The van der Waals surface area contributed by atoms with E-state index in [0.29, 0.717) is 3.63 Å². The van der Waals surface area contributed by atoms with Crippen LogP contribution in [-0.4, -0.2) is 24.1 Å². The molecule has 1 aromatic carbocycles. The van der Waals surface area contributed by atoms with Crippen LogP contribution in [0, 0.1) is 0 Å². The van der Waals surface area contributed by atoms with Crippen molar-refractivity contribution in [2.24, 2.45) is 0 Å². The molecule has 0 fully saturated rings. The van der Waals surface area contributed by atoms with Crippen molar-refractivity contribution in [1.82, 2.24) is 3.26 Å². The van der Waals surface area contributed by atoms with Gasteiger partial charge in [-0.1, -0.05) is 0 Å². The van der Waals surface area contributed by atoms with Crippen LogP contribution in [0.15, 0.2) is 30.3 Å². The predicted molar refractivity (Wildman–Crippen MR) is 102 cm³/mol. The number of benzene rings is 1. The molecule has 1 aliphatic rings. The SMILES string of the molecule is CC(C)(C)[NH][Zr]([CH3])(=[SiH2])([CH2]CO)[CH]1C=Cc2ccccc21.Cl.Cl. The maximum Gasteiger partial charge on any atom is -0.147 e. The van der Waals surface area contributed by atoms with Gasteiger partial charge in [0.15, 0.2) is 0 Å². The van der Waals surface area contributed by atoms with E-state index in [1.54, 1.807) is 0 Å². The Morgan fingerprint density at radius 3 is 2.36 bits per heavy atom. The van der Waals surface area contributed by atoms with Crippen LogP contribution >= 0.6 is 24.8 Å². The molecule has 0 saturated heterocycles. The number of hydrogen-bond donors (Lipinski definition) is 2. The second-order valence-electron chi connectivity index (χ2n) is 7.72. The Labute approximate surface area is 149 Å². The summed E-state index contributed by atoms with van der Waals surface area (Å²) in [6.45, 7) is 9.18. The molecule has 1 aromatic rings. The third-order valence-electron chi connectivity index (χ3n) is 4.26. The van der Waals surface area contributed by atoms with Gasteiger partial charge in [-0.25, -0.2) is 0 Å². The molecule has 1 atom stereocenters. The molecule has 0 saturated carbocycles. The Balaban J connectivity index is 0.00000220. The number of nitrogens with one attached hydrogen (secondary N) is 1. The van der Waals surface area contributed by atoms with Crippen LogP contribution in [0.3, 0.4) is 0 Å². The van der Waals surface area contributed by atoms with Gasteiger partial charge < -0.3 is 0 Å². The maximum absolute atomic E-state index is 9.67. The van der Waals surface area contributed by atoms with Crippen LogP contribution in [0.5, 0.6) is 0 Å². The summed E-state index contributed by atoms with van der Waals surface area (Å²) in [5.74, 6) is 0. The molecular weight excluding hydrogens is 412 g/mol. The Bertz CT molecular complexity index is 612. The topological polar surface area (TPSA) is 32.3 Å². The molecule has 0 aliphatic heterocycles. The third kappa shape index (κ3) is 4.78. The molecule has 0 bridgehead atoms. The summed E-state index contributed by atoms with van der Waals surface area (Å²) in [6.07, 6.45) is 4.63. The summed E-state index contributed by atoms with van der Waals surface area (Å²) >= 11 is -3.28. The fourth-order valence-corrected chi connectivity index (χ4v) is 22.9. The van der Waals surface area contributed by atoms with E-state index in [-0.39, 0.29) is 37.0 Å². The number of hydrogen-bond acceptors (Lipinski definition) is 2. The van der Waals surface area contributed by atoms with Gasteiger partial charge in [0, 0.05) is 0 Å². The van der Waals surface area contributed by atoms with E-state index in [1.165, 1.54) is 11.1 Å². The molecule has 0 radical (unpaired) electrons. The molecule has 1 unspecified atom stereocenters. The number of allylic oxidation sites excluding steroid dienone is 1. The summed E-state index contributed by atoms with van der Waals surface area (Å²) in [4.78, 5) is 0. The minimum atomic E-state index is -3.28. The number of rotatable bonds is 4. The van der Waals surface area contributed by atoms with Crippen LogP contribution in [-0.2, 0) is 17.7 Å². The summed E-state index contributed by atoms with van der Waals surface area (Å²) in [6, 6.07) is 8.69. The quantitative estimate of drug-likeness (QED) is 0.700. The first-order valence-corrected chi connectivity index (χ1v) is 20.1. The van der Waals surface area contributed by atoms with E-state index >= 15 is 0 Å². The van der Waals surface area contributed by atoms with Gasteiger partial charge in [0.05, 0.1) is 0 Å². The van der Waals surface area contributed by atoms with Crippen LogP contribution in [0.2, 0.25) is 8.76 Å². The molecule has 1 aliphatic carbocycles. The molecule has 2 N–H and O–H groups in total. The molecule has 22 heavy (non-hydrogen) atoms. The zero-order valence-corrected chi connectivity index (χ0v) is 19.4. The monoisotopic (exact) mass is 439 g/mol. The normalized spacial score (nSPS) is 17.5. The first-order valence-electron chi connectivity index (χ1n) is 7.38. The van der Waals surface area contributed by atoms with Crippen LogP contribution in [0.4, 0.5) is 0 Å². The zero-order valence-electron chi connectivity index (χ0n) is 13.9. The second-order valence-corrected chi connectivity index (χ2v) is 34.5. The van der Waals surface area contributed by atoms with E-state index < -0.39 is 17.7 Å². The van der Waals surface area contributed by atoms with Crippen molar-refractivity contribution in [3.8, 4) is 0 Å². The van der Waals surface area contributed by atoms with Gasteiger partial charge >= 0.3 is 126 Å². The van der Waals surface area contributed by atoms with Crippen molar-refractivity contribution in [2.75, 3.05) is 6.61 Å². The molecule has 2 rings (SSSR count). The molecule has 0 amide bonds. The summed E-state index contributed by atoms with van der Waals surface area (Å²) < 4.78 is 7.87. The average molecular weight is 442 g/mol. The number of fused-ring (bicyclic) bond motifs is 1.